The maximum atomic E-state index is 6.53. The SMILES string of the molecule is CCC(CCCOc1cccc(-c2cccc(OCCNC(=NC)NC)c2OCCCC(CC)=NC)c1OCCNC(=NC)NC)=NC. The van der Waals surface area contributed by atoms with Gasteiger partial charge in [0, 0.05) is 64.8 Å². The molecule has 0 saturated carbocycles. The summed E-state index contributed by atoms with van der Waals surface area (Å²) in [5.74, 6) is 4.01. The quantitative estimate of drug-likeness (QED) is 0.0833. The van der Waals surface area contributed by atoms with Gasteiger partial charge in [0.1, 0.15) is 13.2 Å². The van der Waals surface area contributed by atoms with Crippen LogP contribution in [0.2, 0.25) is 0 Å². The van der Waals surface area contributed by atoms with E-state index in [1.807, 2.05) is 64.6 Å². The standard InChI is InChI=1S/C36H58N8O4/c1-9-27(37-3)15-13-23-45-31-19-11-18-30(34(31)48-26-22-44-36(41-7)42-8)29-17-12-20-32(46-25-21-43-35(39-5)40-6)33(29)47-24-14-16-28(10-2)38-4/h11-12,17-20H,9-10,13-16,21-26H2,1-8H3,(H2,39,40,43)(H2,41,42,44). The molecule has 2 rings (SSSR count). The molecule has 266 valence electrons. The molecule has 2 aromatic carbocycles. The predicted octanol–water partition coefficient (Wildman–Crippen LogP) is 4.98. The highest BCUT2D eigenvalue weighted by Crippen LogP contribution is 2.45. The van der Waals surface area contributed by atoms with Gasteiger partial charge in [-0.15, -0.1) is 0 Å². The van der Waals surface area contributed by atoms with E-state index in [2.05, 4.69) is 55.1 Å². The average molecular weight is 667 g/mol. The van der Waals surface area contributed by atoms with Crippen LogP contribution in [0.4, 0.5) is 0 Å². The van der Waals surface area contributed by atoms with Crippen LogP contribution in [0.3, 0.4) is 0 Å². The monoisotopic (exact) mass is 666 g/mol. The summed E-state index contributed by atoms with van der Waals surface area (Å²) in [6.45, 7) is 7.21. The number of para-hydroxylation sites is 2. The van der Waals surface area contributed by atoms with E-state index < -0.39 is 0 Å². The Morgan fingerprint density at radius 3 is 1.40 bits per heavy atom. The first-order valence-corrected chi connectivity index (χ1v) is 16.9. The molecule has 0 fully saturated rings. The second-order valence-corrected chi connectivity index (χ2v) is 10.7. The summed E-state index contributed by atoms with van der Waals surface area (Å²) in [7, 11) is 10.8. The molecule has 0 aliphatic carbocycles. The molecule has 4 N–H and O–H groups in total. The number of rotatable bonds is 21. The minimum Gasteiger partial charge on any atom is -0.490 e. The van der Waals surface area contributed by atoms with Gasteiger partial charge >= 0.3 is 0 Å². The van der Waals surface area contributed by atoms with Crippen LogP contribution in [-0.2, 0) is 0 Å². The van der Waals surface area contributed by atoms with Crippen LogP contribution in [-0.4, -0.2) is 105 Å². The van der Waals surface area contributed by atoms with Crippen molar-refractivity contribution in [2.45, 2.75) is 52.4 Å². The van der Waals surface area contributed by atoms with Gasteiger partial charge in [-0.3, -0.25) is 20.0 Å². The van der Waals surface area contributed by atoms with E-state index in [-0.39, 0.29) is 0 Å². The Balaban J connectivity index is 2.45. The molecular weight excluding hydrogens is 608 g/mol. The molecule has 0 radical (unpaired) electrons. The molecule has 0 aliphatic heterocycles. The highest BCUT2D eigenvalue weighted by Gasteiger charge is 2.20. The molecular formula is C36H58N8O4. The van der Waals surface area contributed by atoms with Gasteiger partial charge in [-0.25, -0.2) is 0 Å². The molecule has 0 bridgehead atoms. The molecule has 0 unspecified atom stereocenters. The van der Waals surface area contributed by atoms with Crippen molar-refractivity contribution in [1.82, 2.24) is 21.3 Å². The van der Waals surface area contributed by atoms with Crippen LogP contribution in [0.5, 0.6) is 23.0 Å². The van der Waals surface area contributed by atoms with E-state index in [0.29, 0.717) is 74.4 Å². The first-order valence-electron chi connectivity index (χ1n) is 16.9. The number of aliphatic imine (C=N–C) groups is 4. The number of benzene rings is 2. The minimum atomic E-state index is 0.386. The van der Waals surface area contributed by atoms with Gasteiger partial charge in [-0.05, 0) is 50.7 Å². The zero-order valence-corrected chi connectivity index (χ0v) is 30.4. The molecule has 0 heterocycles. The van der Waals surface area contributed by atoms with Crippen LogP contribution in [0.25, 0.3) is 11.1 Å². The Kier molecular flexibility index (Phi) is 19.7. The van der Waals surface area contributed by atoms with E-state index in [1.54, 1.807) is 14.1 Å². The van der Waals surface area contributed by atoms with Crippen LogP contribution in [0, 0.1) is 0 Å². The lowest BCUT2D eigenvalue weighted by Crippen LogP contribution is -2.37. The van der Waals surface area contributed by atoms with Crippen LogP contribution in [0.1, 0.15) is 52.4 Å². The fraction of sp³-hybridized carbons (Fsp3) is 0.556. The van der Waals surface area contributed by atoms with Crippen molar-refractivity contribution in [2.75, 3.05) is 81.8 Å². The van der Waals surface area contributed by atoms with Gasteiger partial charge in [0.2, 0.25) is 0 Å². The van der Waals surface area contributed by atoms with Gasteiger partial charge in [0.25, 0.3) is 0 Å². The fourth-order valence-corrected chi connectivity index (χ4v) is 4.99. The summed E-state index contributed by atoms with van der Waals surface area (Å²) >= 11 is 0. The molecule has 0 aromatic heterocycles. The van der Waals surface area contributed by atoms with E-state index in [0.717, 1.165) is 49.7 Å². The third-order valence-corrected chi connectivity index (χ3v) is 7.63. The topological polar surface area (TPSA) is 134 Å². The molecule has 0 amide bonds. The Bertz CT molecular complexity index is 1240. The predicted molar refractivity (Wildman–Crippen MR) is 200 cm³/mol. The first-order chi connectivity index (χ1) is 23.5. The van der Waals surface area contributed by atoms with E-state index in [1.165, 1.54) is 11.4 Å². The normalized spacial score (nSPS) is 12.4. The Labute approximate surface area is 287 Å². The van der Waals surface area contributed by atoms with Gasteiger partial charge < -0.3 is 40.2 Å². The largest absolute Gasteiger partial charge is 0.490 e. The van der Waals surface area contributed by atoms with Crippen LogP contribution >= 0.6 is 0 Å². The van der Waals surface area contributed by atoms with Crippen LogP contribution < -0.4 is 40.2 Å². The van der Waals surface area contributed by atoms with Gasteiger partial charge in [-0.2, -0.15) is 0 Å². The summed E-state index contributed by atoms with van der Waals surface area (Å²) in [5, 5.41) is 12.5. The third kappa shape index (κ3) is 13.3. The van der Waals surface area contributed by atoms with Crippen molar-refractivity contribution >= 4 is 23.3 Å². The third-order valence-electron chi connectivity index (χ3n) is 7.63. The lowest BCUT2D eigenvalue weighted by atomic mass is 10.0. The molecule has 0 atom stereocenters. The van der Waals surface area contributed by atoms with Crippen molar-refractivity contribution in [2.24, 2.45) is 20.0 Å². The van der Waals surface area contributed by atoms with Gasteiger partial charge in [0.05, 0.1) is 26.3 Å². The Morgan fingerprint density at radius 1 is 0.562 bits per heavy atom. The number of nitrogens with one attached hydrogen (secondary N) is 4. The average Bonchev–Trinajstić information content (AvgIpc) is 3.12. The summed E-state index contributed by atoms with van der Waals surface area (Å²) in [6.07, 6.45) is 5.33. The van der Waals surface area contributed by atoms with E-state index in [4.69, 9.17) is 18.9 Å². The van der Waals surface area contributed by atoms with Crippen LogP contribution in [0.15, 0.2) is 56.4 Å². The maximum absolute atomic E-state index is 6.53. The summed E-state index contributed by atoms with van der Waals surface area (Å²) < 4.78 is 25.7. The summed E-state index contributed by atoms with van der Waals surface area (Å²) in [6, 6.07) is 11.9. The fourth-order valence-electron chi connectivity index (χ4n) is 4.99. The number of guanidine groups is 2. The molecule has 0 aliphatic rings. The number of ether oxygens (including phenoxy) is 4. The molecule has 12 nitrogen and oxygen atoms in total. The maximum Gasteiger partial charge on any atom is 0.190 e. The minimum absolute atomic E-state index is 0.386. The zero-order valence-electron chi connectivity index (χ0n) is 30.4. The highest BCUT2D eigenvalue weighted by molar-refractivity contribution is 5.84. The first kappa shape index (κ1) is 39.7. The van der Waals surface area contributed by atoms with Crippen molar-refractivity contribution < 1.29 is 18.9 Å². The zero-order chi connectivity index (χ0) is 35.0. The van der Waals surface area contributed by atoms with Crippen molar-refractivity contribution in [3.8, 4) is 34.1 Å². The van der Waals surface area contributed by atoms with Crippen molar-refractivity contribution in [3.63, 3.8) is 0 Å². The molecule has 12 heteroatoms. The molecule has 2 aromatic rings. The van der Waals surface area contributed by atoms with Crippen molar-refractivity contribution in [1.29, 1.82) is 0 Å². The van der Waals surface area contributed by atoms with Gasteiger partial charge in [-0.1, -0.05) is 38.1 Å². The van der Waals surface area contributed by atoms with Gasteiger partial charge in [0.15, 0.2) is 34.9 Å². The Morgan fingerprint density at radius 2 is 0.979 bits per heavy atom. The lowest BCUT2D eigenvalue weighted by molar-refractivity contribution is 0.266. The number of hydrogen-bond donors (Lipinski definition) is 4. The molecule has 0 spiro atoms. The lowest BCUT2D eigenvalue weighted by Gasteiger charge is -2.21. The number of nitrogens with zero attached hydrogens (tertiary/aromatic N) is 4. The van der Waals surface area contributed by atoms with E-state index >= 15 is 0 Å². The molecule has 48 heavy (non-hydrogen) atoms. The second kappa shape index (κ2) is 23.8. The Hall–Kier alpha value is -4.48. The van der Waals surface area contributed by atoms with Crippen molar-refractivity contribution in [3.05, 3.63) is 36.4 Å². The summed E-state index contributed by atoms with van der Waals surface area (Å²) in [5.41, 5.74) is 4.07. The smallest absolute Gasteiger partial charge is 0.190 e. The summed E-state index contributed by atoms with van der Waals surface area (Å²) in [4.78, 5) is 17.1. The number of hydrogen-bond acceptors (Lipinski definition) is 8. The van der Waals surface area contributed by atoms with E-state index in [9.17, 15) is 0 Å². The highest BCUT2D eigenvalue weighted by atomic mass is 16.5. The molecule has 0 saturated heterocycles. The second-order valence-electron chi connectivity index (χ2n) is 10.7.